The highest BCUT2D eigenvalue weighted by Gasteiger charge is 2.21. The number of benzene rings is 1. The van der Waals surface area contributed by atoms with Gasteiger partial charge in [-0.25, -0.2) is 12.8 Å². The maximum Gasteiger partial charge on any atom is 0.267 e. The Morgan fingerprint density at radius 1 is 1.47 bits per heavy atom. The number of sulfonamides is 1. The van der Waals surface area contributed by atoms with Crippen LogP contribution in [0, 0.1) is 5.82 Å². The van der Waals surface area contributed by atoms with Crippen molar-refractivity contribution in [3.8, 4) is 0 Å². The van der Waals surface area contributed by atoms with Gasteiger partial charge in [-0.2, -0.15) is 5.10 Å². The highest BCUT2D eigenvalue weighted by Crippen LogP contribution is 2.24. The maximum absolute atomic E-state index is 13.1. The summed E-state index contributed by atoms with van der Waals surface area (Å²) in [5, 5.41) is 3.76. The first kappa shape index (κ1) is 13.8. The molecule has 0 atom stereocenters. The second-order valence-electron chi connectivity index (χ2n) is 3.79. The van der Waals surface area contributed by atoms with E-state index in [9.17, 15) is 12.8 Å². The van der Waals surface area contributed by atoms with Crippen molar-refractivity contribution in [1.82, 2.24) is 9.78 Å². The lowest BCUT2D eigenvalue weighted by Gasteiger charge is -2.07. The van der Waals surface area contributed by atoms with Crippen LogP contribution in [0.3, 0.4) is 0 Å². The van der Waals surface area contributed by atoms with Crippen molar-refractivity contribution < 1.29 is 12.8 Å². The van der Waals surface area contributed by atoms with E-state index >= 15 is 0 Å². The summed E-state index contributed by atoms with van der Waals surface area (Å²) in [5.74, 6) is -0.583. The van der Waals surface area contributed by atoms with Gasteiger partial charge in [0.05, 0.1) is 10.2 Å². The fraction of sp³-hybridized carbons (Fsp3) is 0.100. The number of aryl methyl sites for hydroxylation is 1. The Balaban J connectivity index is 2.36. The number of hydrogen-bond donors (Lipinski definition) is 2. The van der Waals surface area contributed by atoms with Crippen LogP contribution in [-0.4, -0.2) is 18.2 Å². The number of rotatable bonds is 3. The average Bonchev–Trinajstić information content (AvgIpc) is 2.63. The minimum atomic E-state index is -3.85. The molecule has 1 aromatic carbocycles. The minimum Gasteiger partial charge on any atom is -0.381 e. The topological polar surface area (TPSA) is 90.0 Å². The zero-order chi connectivity index (χ0) is 14.2. The highest BCUT2D eigenvalue weighted by molar-refractivity contribution is 9.10. The third-order valence-corrected chi connectivity index (χ3v) is 4.29. The van der Waals surface area contributed by atoms with E-state index in [4.69, 9.17) is 5.73 Å². The van der Waals surface area contributed by atoms with Crippen LogP contribution in [0.25, 0.3) is 0 Å². The number of nitrogens with one attached hydrogen (secondary N) is 1. The predicted octanol–water partition coefficient (Wildman–Crippen LogP) is 1.70. The summed E-state index contributed by atoms with van der Waals surface area (Å²) >= 11 is 2.98. The Morgan fingerprint density at radius 3 is 2.68 bits per heavy atom. The molecule has 19 heavy (non-hydrogen) atoms. The van der Waals surface area contributed by atoms with Crippen LogP contribution in [0.1, 0.15) is 0 Å². The van der Waals surface area contributed by atoms with Gasteiger partial charge >= 0.3 is 0 Å². The lowest BCUT2D eigenvalue weighted by Crippen LogP contribution is -2.14. The normalized spacial score (nSPS) is 11.5. The Bertz CT molecular complexity index is 729. The van der Waals surface area contributed by atoms with Gasteiger partial charge in [-0.3, -0.25) is 9.40 Å². The van der Waals surface area contributed by atoms with Gasteiger partial charge in [-0.1, -0.05) is 0 Å². The van der Waals surface area contributed by atoms with Crippen molar-refractivity contribution in [3.63, 3.8) is 0 Å². The number of hydrogen-bond acceptors (Lipinski definition) is 4. The van der Waals surface area contributed by atoms with Gasteiger partial charge in [-0.15, -0.1) is 0 Å². The SMILES string of the molecule is Cn1cc(S(=O)(=O)Nc2ccc(F)c(Br)c2)c(N)n1. The largest absolute Gasteiger partial charge is 0.381 e. The molecule has 0 amide bonds. The number of anilines is 2. The molecular formula is C10H10BrFN4O2S. The second kappa shape index (κ2) is 4.82. The molecule has 0 radical (unpaired) electrons. The van der Waals surface area contributed by atoms with Crippen LogP contribution in [0.5, 0.6) is 0 Å². The van der Waals surface area contributed by atoms with Crippen molar-refractivity contribution in [2.75, 3.05) is 10.5 Å². The summed E-state index contributed by atoms with van der Waals surface area (Å²) in [5.41, 5.74) is 5.73. The average molecular weight is 349 g/mol. The van der Waals surface area contributed by atoms with E-state index in [-0.39, 0.29) is 20.9 Å². The molecule has 0 unspecified atom stereocenters. The summed E-state index contributed by atoms with van der Waals surface area (Å²) in [6.45, 7) is 0. The van der Waals surface area contributed by atoms with Gasteiger partial charge in [0.15, 0.2) is 5.82 Å². The first-order valence-corrected chi connectivity index (χ1v) is 7.34. The Hall–Kier alpha value is -1.61. The molecule has 0 aliphatic carbocycles. The predicted molar refractivity (Wildman–Crippen MR) is 72.5 cm³/mol. The van der Waals surface area contributed by atoms with Crippen LogP contribution in [-0.2, 0) is 17.1 Å². The van der Waals surface area contributed by atoms with E-state index in [2.05, 4.69) is 25.8 Å². The van der Waals surface area contributed by atoms with Gasteiger partial charge in [0.1, 0.15) is 10.7 Å². The molecule has 3 N–H and O–H groups in total. The molecule has 0 saturated carbocycles. The summed E-state index contributed by atoms with van der Waals surface area (Å²) in [6.07, 6.45) is 1.29. The summed E-state index contributed by atoms with van der Waals surface area (Å²) in [7, 11) is -2.30. The zero-order valence-corrected chi connectivity index (χ0v) is 12.2. The molecular weight excluding hydrogens is 339 g/mol. The Morgan fingerprint density at radius 2 is 2.16 bits per heavy atom. The van der Waals surface area contributed by atoms with Gasteiger partial charge < -0.3 is 5.73 Å². The number of nitrogens with zero attached hydrogens (tertiary/aromatic N) is 2. The number of nitrogen functional groups attached to an aromatic ring is 1. The molecule has 0 bridgehead atoms. The molecule has 0 spiro atoms. The molecule has 9 heteroatoms. The summed E-state index contributed by atoms with van der Waals surface area (Å²) in [6, 6.07) is 3.78. The minimum absolute atomic E-state index is 0.101. The summed E-state index contributed by atoms with van der Waals surface area (Å²) in [4.78, 5) is -0.129. The van der Waals surface area contributed by atoms with Crippen molar-refractivity contribution in [1.29, 1.82) is 0 Å². The molecule has 102 valence electrons. The van der Waals surface area contributed by atoms with Crippen LogP contribution < -0.4 is 10.5 Å². The van der Waals surface area contributed by atoms with Crippen LogP contribution in [0.15, 0.2) is 33.8 Å². The van der Waals surface area contributed by atoms with Gasteiger partial charge in [0, 0.05) is 13.2 Å². The molecule has 0 aliphatic rings. The van der Waals surface area contributed by atoms with Crippen LogP contribution in [0.2, 0.25) is 0 Å². The Kier molecular flexibility index (Phi) is 3.50. The van der Waals surface area contributed by atoms with Crippen LogP contribution >= 0.6 is 15.9 Å². The molecule has 0 fully saturated rings. The Labute approximate surface area is 117 Å². The number of nitrogens with two attached hydrogens (primary N) is 1. The van der Waals surface area contributed by atoms with Crippen LogP contribution in [0.4, 0.5) is 15.9 Å². The van der Waals surface area contributed by atoms with E-state index in [1.54, 1.807) is 7.05 Å². The number of halogens is 2. The summed E-state index contributed by atoms with van der Waals surface area (Å²) < 4.78 is 41.0. The highest BCUT2D eigenvalue weighted by atomic mass is 79.9. The van der Waals surface area contributed by atoms with Gasteiger partial charge in [0.2, 0.25) is 0 Å². The zero-order valence-electron chi connectivity index (χ0n) is 9.76. The lowest BCUT2D eigenvalue weighted by atomic mass is 10.3. The fourth-order valence-corrected chi connectivity index (χ4v) is 2.99. The standard InChI is InChI=1S/C10H10BrFN4O2S/c1-16-5-9(10(13)14-16)19(17,18)15-6-2-3-8(12)7(11)4-6/h2-5,15H,1H3,(H2,13,14). The lowest BCUT2D eigenvalue weighted by molar-refractivity contribution is 0.601. The molecule has 1 aromatic heterocycles. The molecule has 6 nitrogen and oxygen atoms in total. The van der Waals surface area contributed by atoms with Gasteiger partial charge in [0.25, 0.3) is 10.0 Å². The molecule has 2 rings (SSSR count). The van der Waals surface area contributed by atoms with Crippen molar-refractivity contribution >= 4 is 37.5 Å². The third kappa shape index (κ3) is 2.87. The monoisotopic (exact) mass is 348 g/mol. The molecule has 2 aromatic rings. The first-order chi connectivity index (χ1) is 8.79. The fourth-order valence-electron chi connectivity index (χ4n) is 1.46. The van der Waals surface area contributed by atoms with E-state index in [0.717, 1.165) is 6.07 Å². The smallest absolute Gasteiger partial charge is 0.267 e. The van der Waals surface area contributed by atoms with Gasteiger partial charge in [-0.05, 0) is 34.1 Å². The number of aromatic nitrogens is 2. The van der Waals surface area contributed by atoms with Crippen molar-refractivity contribution in [2.45, 2.75) is 4.90 Å². The van der Waals surface area contributed by atoms with E-state index in [1.807, 2.05) is 0 Å². The second-order valence-corrected chi connectivity index (χ2v) is 6.29. The maximum atomic E-state index is 13.1. The van der Waals surface area contributed by atoms with E-state index in [1.165, 1.54) is 23.0 Å². The first-order valence-electron chi connectivity index (χ1n) is 5.06. The molecule has 1 heterocycles. The van der Waals surface area contributed by atoms with E-state index in [0.29, 0.717) is 0 Å². The quantitative estimate of drug-likeness (QED) is 0.883. The molecule has 0 saturated heterocycles. The third-order valence-electron chi connectivity index (χ3n) is 2.28. The molecule has 0 aliphatic heterocycles. The van der Waals surface area contributed by atoms with Crippen molar-refractivity contribution in [2.24, 2.45) is 7.05 Å². The van der Waals surface area contributed by atoms with E-state index < -0.39 is 15.8 Å². The van der Waals surface area contributed by atoms with Crippen molar-refractivity contribution in [3.05, 3.63) is 34.7 Å².